The Morgan fingerprint density at radius 2 is 1.74 bits per heavy atom. The second-order valence-corrected chi connectivity index (χ2v) is 6.38. The van der Waals surface area contributed by atoms with Crippen LogP contribution in [0.4, 0.5) is 10.8 Å². The molecule has 23 heavy (non-hydrogen) atoms. The Labute approximate surface area is 137 Å². The molecule has 1 aromatic carbocycles. The van der Waals surface area contributed by atoms with Crippen molar-refractivity contribution in [3.63, 3.8) is 0 Å². The molecule has 0 saturated heterocycles. The molecule has 0 spiro atoms. The van der Waals surface area contributed by atoms with Gasteiger partial charge >= 0.3 is 11.9 Å². The van der Waals surface area contributed by atoms with E-state index in [0.29, 0.717) is 4.34 Å². The highest BCUT2D eigenvalue weighted by Gasteiger charge is 2.13. The van der Waals surface area contributed by atoms with Crippen molar-refractivity contribution in [1.29, 1.82) is 0 Å². The summed E-state index contributed by atoms with van der Waals surface area (Å²) in [7, 11) is 0. The number of nitrogen functional groups attached to an aromatic ring is 1. The molecule has 0 saturated carbocycles. The molecular formula is C12H10N4O5S2. The minimum Gasteiger partial charge on any atom is -0.478 e. The minimum atomic E-state index is -1.29. The van der Waals surface area contributed by atoms with Crippen LogP contribution in [0.5, 0.6) is 0 Å². The Morgan fingerprint density at radius 1 is 1.13 bits per heavy atom. The Hall–Kier alpha value is -2.66. The van der Waals surface area contributed by atoms with Gasteiger partial charge in [0.25, 0.3) is 0 Å². The molecule has 2 rings (SSSR count). The first-order chi connectivity index (χ1) is 10.8. The molecule has 0 aliphatic rings. The van der Waals surface area contributed by atoms with E-state index in [4.69, 9.17) is 15.9 Å². The fraction of sp³-hybridized carbons (Fsp3) is 0.0833. The summed E-state index contributed by atoms with van der Waals surface area (Å²) in [5.41, 5.74) is 5.04. The number of aromatic nitrogens is 2. The number of amides is 1. The first kappa shape index (κ1) is 16.7. The number of nitrogens with zero attached hydrogens (tertiary/aromatic N) is 2. The maximum atomic E-state index is 11.9. The van der Waals surface area contributed by atoms with Crippen molar-refractivity contribution in [2.24, 2.45) is 0 Å². The molecule has 0 atom stereocenters. The van der Waals surface area contributed by atoms with E-state index >= 15 is 0 Å². The van der Waals surface area contributed by atoms with Crippen molar-refractivity contribution in [1.82, 2.24) is 10.2 Å². The summed E-state index contributed by atoms with van der Waals surface area (Å²) in [5.74, 6) is -3.03. The molecule has 2 aromatic rings. The molecule has 0 aliphatic heterocycles. The van der Waals surface area contributed by atoms with Gasteiger partial charge in [0.1, 0.15) is 0 Å². The lowest BCUT2D eigenvalue weighted by molar-refractivity contribution is -0.113. The van der Waals surface area contributed by atoms with Crippen molar-refractivity contribution in [3.8, 4) is 0 Å². The van der Waals surface area contributed by atoms with Crippen molar-refractivity contribution >= 4 is 51.8 Å². The summed E-state index contributed by atoms with van der Waals surface area (Å²) >= 11 is 2.24. The van der Waals surface area contributed by atoms with E-state index in [-0.39, 0.29) is 27.7 Å². The minimum absolute atomic E-state index is 0.00562. The van der Waals surface area contributed by atoms with Gasteiger partial charge in [-0.25, -0.2) is 9.59 Å². The summed E-state index contributed by atoms with van der Waals surface area (Å²) in [4.78, 5) is 33.8. The molecule has 120 valence electrons. The van der Waals surface area contributed by atoms with E-state index in [2.05, 4.69) is 15.5 Å². The van der Waals surface area contributed by atoms with Gasteiger partial charge in [0.15, 0.2) is 4.34 Å². The Balaban J connectivity index is 2.07. The summed E-state index contributed by atoms with van der Waals surface area (Å²) in [6, 6.07) is 3.37. The van der Waals surface area contributed by atoms with Crippen LogP contribution in [-0.2, 0) is 4.79 Å². The average molecular weight is 354 g/mol. The third-order valence-corrected chi connectivity index (χ3v) is 4.35. The lowest BCUT2D eigenvalue weighted by Gasteiger charge is -2.07. The van der Waals surface area contributed by atoms with Crippen LogP contribution in [0, 0.1) is 0 Å². The summed E-state index contributed by atoms with van der Waals surface area (Å²) < 4.78 is 0.517. The maximum absolute atomic E-state index is 11.9. The quantitative estimate of drug-likeness (QED) is 0.560. The van der Waals surface area contributed by atoms with Crippen LogP contribution in [0.2, 0.25) is 0 Å². The highest BCUT2D eigenvalue weighted by molar-refractivity contribution is 8.01. The Kier molecular flexibility index (Phi) is 5.13. The first-order valence-corrected chi connectivity index (χ1v) is 7.78. The van der Waals surface area contributed by atoms with Crippen LogP contribution in [0.25, 0.3) is 0 Å². The second kappa shape index (κ2) is 7.07. The molecular weight excluding hydrogens is 344 g/mol. The predicted octanol–water partition coefficient (Wildman–Crippen LogP) is 1.25. The number of aromatic carboxylic acids is 2. The van der Waals surface area contributed by atoms with Crippen molar-refractivity contribution in [2.45, 2.75) is 4.34 Å². The Bertz CT molecular complexity index is 744. The van der Waals surface area contributed by atoms with Gasteiger partial charge in [-0.3, -0.25) is 4.79 Å². The number of benzene rings is 1. The van der Waals surface area contributed by atoms with Crippen molar-refractivity contribution in [3.05, 3.63) is 29.3 Å². The van der Waals surface area contributed by atoms with Gasteiger partial charge in [0.2, 0.25) is 11.0 Å². The second-order valence-electron chi connectivity index (χ2n) is 4.15. The average Bonchev–Trinajstić information content (AvgIpc) is 2.90. The van der Waals surface area contributed by atoms with Gasteiger partial charge in [-0.15, -0.1) is 10.2 Å². The zero-order valence-corrected chi connectivity index (χ0v) is 13.0. The van der Waals surface area contributed by atoms with E-state index in [1.54, 1.807) is 0 Å². The monoisotopic (exact) mass is 354 g/mol. The fourth-order valence-electron chi connectivity index (χ4n) is 1.55. The SMILES string of the molecule is Nc1nnc(SCC(=O)Nc2cc(C(=O)O)cc(C(=O)O)c2)s1. The lowest BCUT2D eigenvalue weighted by atomic mass is 10.1. The molecule has 0 fully saturated rings. The Morgan fingerprint density at radius 3 is 2.22 bits per heavy atom. The molecule has 9 nitrogen and oxygen atoms in total. The van der Waals surface area contributed by atoms with Gasteiger partial charge in [0, 0.05) is 5.69 Å². The number of hydrogen-bond acceptors (Lipinski definition) is 8. The lowest BCUT2D eigenvalue weighted by Crippen LogP contribution is -2.15. The summed E-state index contributed by atoms with van der Waals surface area (Å²) in [6.45, 7) is 0. The van der Waals surface area contributed by atoms with Crippen LogP contribution in [0.3, 0.4) is 0 Å². The number of carbonyl (C=O) groups excluding carboxylic acids is 1. The number of nitrogens with one attached hydrogen (secondary N) is 1. The van der Waals surface area contributed by atoms with E-state index in [1.807, 2.05) is 0 Å². The largest absolute Gasteiger partial charge is 0.478 e. The van der Waals surface area contributed by atoms with Crippen LogP contribution in [-0.4, -0.2) is 44.0 Å². The van der Waals surface area contributed by atoms with E-state index in [9.17, 15) is 14.4 Å². The number of thioether (sulfide) groups is 1. The normalized spacial score (nSPS) is 10.3. The van der Waals surface area contributed by atoms with E-state index in [0.717, 1.165) is 29.2 Å². The van der Waals surface area contributed by atoms with Crippen LogP contribution in [0.1, 0.15) is 20.7 Å². The third-order valence-electron chi connectivity index (χ3n) is 2.46. The molecule has 0 unspecified atom stereocenters. The smallest absolute Gasteiger partial charge is 0.335 e. The number of anilines is 2. The van der Waals surface area contributed by atoms with Gasteiger partial charge in [0.05, 0.1) is 16.9 Å². The van der Waals surface area contributed by atoms with Crippen molar-refractivity contribution < 1.29 is 24.6 Å². The molecule has 1 aromatic heterocycles. The molecule has 0 bridgehead atoms. The zero-order valence-electron chi connectivity index (χ0n) is 11.3. The molecule has 5 N–H and O–H groups in total. The standard InChI is InChI=1S/C12H10N4O5S2/c13-11-15-16-12(23-11)22-4-8(17)14-7-2-5(9(18)19)1-6(3-7)10(20)21/h1-3H,4H2,(H2,13,15)(H,14,17)(H,18,19)(H,20,21). The van der Waals surface area contributed by atoms with E-state index < -0.39 is 17.8 Å². The molecule has 1 heterocycles. The highest BCUT2D eigenvalue weighted by atomic mass is 32.2. The topological polar surface area (TPSA) is 156 Å². The number of carbonyl (C=O) groups is 3. The summed E-state index contributed by atoms with van der Waals surface area (Å²) in [5, 5.41) is 28.0. The van der Waals surface area contributed by atoms with Crippen LogP contribution in [0.15, 0.2) is 22.5 Å². The van der Waals surface area contributed by atoms with Gasteiger partial charge in [-0.1, -0.05) is 23.1 Å². The van der Waals surface area contributed by atoms with Gasteiger partial charge < -0.3 is 21.3 Å². The van der Waals surface area contributed by atoms with Crippen molar-refractivity contribution in [2.75, 3.05) is 16.8 Å². The fourth-order valence-corrected chi connectivity index (χ4v) is 2.99. The first-order valence-electron chi connectivity index (χ1n) is 5.98. The number of rotatable bonds is 6. The number of carboxylic acids is 2. The maximum Gasteiger partial charge on any atom is 0.335 e. The van der Waals surface area contributed by atoms with Gasteiger partial charge in [-0.2, -0.15) is 0 Å². The van der Waals surface area contributed by atoms with E-state index in [1.165, 1.54) is 12.1 Å². The molecule has 0 radical (unpaired) electrons. The summed E-state index contributed by atoms with van der Waals surface area (Å²) in [6.07, 6.45) is 0. The molecule has 11 heteroatoms. The number of hydrogen-bond donors (Lipinski definition) is 4. The van der Waals surface area contributed by atoms with Crippen LogP contribution < -0.4 is 11.1 Å². The predicted molar refractivity (Wildman–Crippen MR) is 84.0 cm³/mol. The van der Waals surface area contributed by atoms with Crippen LogP contribution >= 0.6 is 23.1 Å². The third kappa shape index (κ3) is 4.66. The highest BCUT2D eigenvalue weighted by Crippen LogP contribution is 2.23. The van der Waals surface area contributed by atoms with Gasteiger partial charge in [-0.05, 0) is 18.2 Å². The molecule has 0 aliphatic carbocycles. The molecule has 1 amide bonds. The number of carboxylic acid groups (broad SMARTS) is 2. The number of nitrogens with two attached hydrogens (primary N) is 1. The zero-order chi connectivity index (χ0) is 17.0.